The molecular weight excluding hydrogens is 535 g/mol. The molecule has 14 heteroatoms. The zero-order chi connectivity index (χ0) is 29.3. The Labute approximate surface area is 228 Å². The normalized spacial score (nSPS) is 11.3. The molecule has 11 nitrogen and oxygen atoms in total. The number of aromatic nitrogens is 2. The van der Waals surface area contributed by atoms with Gasteiger partial charge in [-0.15, -0.1) is 5.10 Å². The Morgan fingerprint density at radius 3 is 2.40 bits per heavy atom. The topological polar surface area (TPSA) is 128 Å². The molecule has 0 unspecified atom stereocenters. The van der Waals surface area contributed by atoms with E-state index in [0.717, 1.165) is 32.1 Å². The van der Waals surface area contributed by atoms with Gasteiger partial charge in [0.2, 0.25) is 0 Å². The molecule has 3 aromatic rings. The van der Waals surface area contributed by atoms with Gasteiger partial charge in [-0.1, -0.05) is 18.9 Å². The van der Waals surface area contributed by atoms with Gasteiger partial charge in [-0.2, -0.15) is 13.2 Å². The lowest BCUT2D eigenvalue weighted by Crippen LogP contribution is -2.29. The molecule has 1 aromatic heterocycles. The number of nitrogens with one attached hydrogen (secondary N) is 2. The maximum atomic E-state index is 12.9. The number of nitrogens with zero attached hydrogens (tertiary/aromatic N) is 3. The van der Waals surface area contributed by atoms with Crippen LogP contribution in [0.5, 0.6) is 17.2 Å². The molecule has 0 aliphatic heterocycles. The molecule has 1 amide bonds. The fourth-order valence-corrected chi connectivity index (χ4v) is 3.64. The predicted molar refractivity (Wildman–Crippen MR) is 140 cm³/mol. The first-order valence-electron chi connectivity index (χ1n) is 12.4. The third-order valence-electron chi connectivity index (χ3n) is 5.80. The van der Waals surface area contributed by atoms with Crippen LogP contribution in [0.15, 0.2) is 40.8 Å². The Bertz CT molecular complexity index is 1310. The van der Waals surface area contributed by atoms with E-state index in [4.69, 9.17) is 13.9 Å². The number of hydrogen-bond acceptors (Lipinski definition) is 10. The number of alkyl halides is 3. The highest BCUT2D eigenvalue weighted by Gasteiger charge is 2.42. The fraction of sp³-hybridized carbons (Fsp3) is 0.385. The van der Waals surface area contributed by atoms with Crippen LogP contribution in [0.25, 0.3) is 11.5 Å². The van der Waals surface area contributed by atoms with Gasteiger partial charge >= 0.3 is 18.2 Å². The van der Waals surface area contributed by atoms with Gasteiger partial charge in [0.1, 0.15) is 17.2 Å². The van der Waals surface area contributed by atoms with Crippen molar-refractivity contribution >= 4 is 23.6 Å². The van der Waals surface area contributed by atoms with E-state index in [1.807, 2.05) is 0 Å². The Balaban J connectivity index is 1.73. The van der Waals surface area contributed by atoms with E-state index in [2.05, 4.69) is 44.3 Å². The monoisotopic (exact) mass is 565 g/mol. The first-order chi connectivity index (χ1) is 19.1. The lowest BCUT2D eigenvalue weighted by molar-refractivity contribution is -0.189. The van der Waals surface area contributed by atoms with Crippen LogP contribution in [-0.2, 0) is 4.79 Å². The second kappa shape index (κ2) is 13.6. The van der Waals surface area contributed by atoms with Crippen LogP contribution in [0.3, 0.4) is 0 Å². The van der Waals surface area contributed by atoms with E-state index in [1.54, 1.807) is 6.07 Å². The van der Waals surface area contributed by atoms with E-state index < -0.39 is 23.8 Å². The number of methoxy groups -OCH3 is 2. The van der Waals surface area contributed by atoms with E-state index in [9.17, 15) is 22.8 Å². The maximum Gasteiger partial charge on any atom is 0.491 e. The molecule has 0 atom stereocenters. The standard InChI is InChI=1S/C26H30F3N5O6/c1-5-34(6-2)13-7-12-30-25-33-32-23(40-25)19-10-8-16(14-20(19)38-4)31-22(35)18-11-9-17(37-3)15-21(18)39-24(36)26(27,28)29/h8-11,14-15H,5-7,12-13H2,1-4H3,(H,30,33)(H,31,35). The van der Waals surface area contributed by atoms with Crippen molar-refractivity contribution in [3.05, 3.63) is 42.0 Å². The van der Waals surface area contributed by atoms with Gasteiger partial charge in [0.15, 0.2) is 0 Å². The van der Waals surface area contributed by atoms with Crippen molar-refractivity contribution in [2.45, 2.75) is 26.4 Å². The van der Waals surface area contributed by atoms with Crippen LogP contribution in [0.2, 0.25) is 0 Å². The summed E-state index contributed by atoms with van der Waals surface area (Å²) < 4.78 is 58.8. The number of benzene rings is 2. The van der Waals surface area contributed by atoms with Crippen molar-refractivity contribution in [2.24, 2.45) is 0 Å². The Kier molecular flexibility index (Phi) is 10.3. The summed E-state index contributed by atoms with van der Waals surface area (Å²) in [5.41, 5.74) is 0.368. The Hall–Kier alpha value is -4.33. The number of carbonyl (C=O) groups is 2. The highest BCUT2D eigenvalue weighted by Crippen LogP contribution is 2.33. The third kappa shape index (κ3) is 7.85. The van der Waals surface area contributed by atoms with Crippen molar-refractivity contribution < 1.29 is 41.4 Å². The minimum Gasteiger partial charge on any atom is -0.497 e. The fourth-order valence-electron chi connectivity index (χ4n) is 3.64. The zero-order valence-electron chi connectivity index (χ0n) is 22.4. The summed E-state index contributed by atoms with van der Waals surface area (Å²) in [6, 6.07) is 8.33. The van der Waals surface area contributed by atoms with Crippen molar-refractivity contribution in [3.8, 4) is 28.7 Å². The van der Waals surface area contributed by atoms with Crippen LogP contribution < -0.4 is 24.8 Å². The number of hydrogen-bond donors (Lipinski definition) is 2. The van der Waals surface area contributed by atoms with Crippen molar-refractivity contribution in [2.75, 3.05) is 51.0 Å². The van der Waals surface area contributed by atoms with Crippen molar-refractivity contribution in [1.82, 2.24) is 15.1 Å². The summed E-state index contributed by atoms with van der Waals surface area (Å²) in [5.74, 6) is -3.38. The van der Waals surface area contributed by atoms with Gasteiger partial charge in [-0.05, 0) is 50.3 Å². The molecule has 1 heterocycles. The summed E-state index contributed by atoms with van der Waals surface area (Å²) in [7, 11) is 2.68. The SMILES string of the molecule is CCN(CC)CCCNc1nnc(-c2ccc(NC(=O)c3ccc(OC)cc3OC(=O)C(F)(F)F)cc2OC)o1. The van der Waals surface area contributed by atoms with E-state index in [-0.39, 0.29) is 34.7 Å². The second-order valence-corrected chi connectivity index (χ2v) is 8.34. The number of amides is 1. The molecule has 3 rings (SSSR count). The molecule has 2 N–H and O–H groups in total. The van der Waals surface area contributed by atoms with Gasteiger partial charge in [0, 0.05) is 24.4 Å². The van der Waals surface area contributed by atoms with E-state index in [0.29, 0.717) is 12.1 Å². The molecule has 2 aromatic carbocycles. The number of anilines is 2. The van der Waals surface area contributed by atoms with Crippen LogP contribution >= 0.6 is 0 Å². The average Bonchev–Trinajstić information content (AvgIpc) is 3.41. The van der Waals surface area contributed by atoms with Crippen LogP contribution in [0.4, 0.5) is 24.9 Å². The van der Waals surface area contributed by atoms with Gasteiger partial charge in [-0.3, -0.25) is 4.79 Å². The van der Waals surface area contributed by atoms with Gasteiger partial charge in [0.05, 0.1) is 25.3 Å². The summed E-state index contributed by atoms with van der Waals surface area (Å²) >= 11 is 0. The molecule has 0 aliphatic rings. The molecule has 0 saturated carbocycles. The first kappa shape index (κ1) is 30.2. The molecule has 0 fully saturated rings. The predicted octanol–water partition coefficient (Wildman–Crippen LogP) is 4.62. The maximum absolute atomic E-state index is 12.9. The summed E-state index contributed by atoms with van der Waals surface area (Å²) in [6.07, 6.45) is -4.36. The molecule has 0 radical (unpaired) electrons. The summed E-state index contributed by atoms with van der Waals surface area (Å²) in [6.45, 7) is 7.75. The number of carbonyl (C=O) groups excluding carboxylic acids is 2. The lowest BCUT2D eigenvalue weighted by atomic mass is 10.1. The summed E-state index contributed by atoms with van der Waals surface area (Å²) in [4.78, 5) is 26.6. The van der Waals surface area contributed by atoms with Crippen LogP contribution in [0.1, 0.15) is 30.6 Å². The number of ether oxygens (including phenoxy) is 3. The number of esters is 1. The second-order valence-electron chi connectivity index (χ2n) is 8.34. The molecule has 216 valence electrons. The number of halogens is 3. The molecule has 40 heavy (non-hydrogen) atoms. The Morgan fingerprint density at radius 1 is 1.00 bits per heavy atom. The lowest BCUT2D eigenvalue weighted by Gasteiger charge is -2.17. The van der Waals surface area contributed by atoms with Crippen molar-refractivity contribution in [3.63, 3.8) is 0 Å². The quantitative estimate of drug-likeness (QED) is 0.172. The molecule has 0 spiro atoms. The third-order valence-corrected chi connectivity index (χ3v) is 5.80. The van der Waals surface area contributed by atoms with Crippen LogP contribution in [-0.4, -0.2) is 73.5 Å². The van der Waals surface area contributed by atoms with E-state index in [1.165, 1.54) is 38.5 Å². The van der Waals surface area contributed by atoms with Crippen molar-refractivity contribution in [1.29, 1.82) is 0 Å². The minimum atomic E-state index is -5.25. The van der Waals surface area contributed by atoms with Gasteiger partial charge in [-0.25, -0.2) is 4.79 Å². The highest BCUT2D eigenvalue weighted by molar-refractivity contribution is 6.07. The molecule has 0 aliphatic carbocycles. The minimum absolute atomic E-state index is 0.0878. The summed E-state index contributed by atoms with van der Waals surface area (Å²) in [5, 5.41) is 13.7. The molecule has 0 saturated heterocycles. The smallest absolute Gasteiger partial charge is 0.491 e. The number of rotatable bonds is 13. The largest absolute Gasteiger partial charge is 0.497 e. The van der Waals surface area contributed by atoms with Crippen LogP contribution in [0, 0.1) is 0 Å². The average molecular weight is 566 g/mol. The molecular formula is C26H30F3N5O6. The zero-order valence-corrected chi connectivity index (χ0v) is 22.4. The van der Waals surface area contributed by atoms with Gasteiger partial charge < -0.3 is 34.2 Å². The Morgan fingerprint density at radius 2 is 1.75 bits per heavy atom. The highest BCUT2D eigenvalue weighted by atomic mass is 19.4. The first-order valence-corrected chi connectivity index (χ1v) is 12.4. The van der Waals surface area contributed by atoms with E-state index >= 15 is 0 Å². The van der Waals surface area contributed by atoms with Gasteiger partial charge in [0.25, 0.3) is 11.8 Å². The molecule has 0 bridgehead atoms.